The largest absolute Gasteiger partial charge is 0.395 e. The van der Waals surface area contributed by atoms with Crippen molar-refractivity contribution in [1.29, 1.82) is 0 Å². The summed E-state index contributed by atoms with van der Waals surface area (Å²) in [6.45, 7) is 5.00. The Bertz CT molecular complexity index is 387. The van der Waals surface area contributed by atoms with Gasteiger partial charge in [-0.15, -0.1) is 0 Å². The first-order chi connectivity index (χ1) is 8.58. The molecule has 0 fully saturated rings. The van der Waals surface area contributed by atoms with Gasteiger partial charge in [0.1, 0.15) is 0 Å². The summed E-state index contributed by atoms with van der Waals surface area (Å²) < 4.78 is 0. The van der Waals surface area contributed by atoms with Crippen LogP contribution in [-0.4, -0.2) is 35.6 Å². The maximum atomic E-state index is 12.3. The highest BCUT2D eigenvalue weighted by molar-refractivity contribution is 6.31. The van der Waals surface area contributed by atoms with E-state index in [-0.39, 0.29) is 12.5 Å². The van der Waals surface area contributed by atoms with Gasteiger partial charge in [0.05, 0.1) is 6.61 Å². The minimum Gasteiger partial charge on any atom is -0.395 e. The standard InChI is InChI=1S/C14H20ClNO2/c1-3-4-5-16(6-7-17)14(18)12-8-11(2)9-13(15)10-12/h8-10,17H,3-7H2,1-2H3. The fourth-order valence-corrected chi connectivity index (χ4v) is 2.12. The highest BCUT2D eigenvalue weighted by atomic mass is 35.5. The maximum Gasteiger partial charge on any atom is 0.253 e. The van der Waals surface area contributed by atoms with Gasteiger partial charge in [0, 0.05) is 23.7 Å². The topological polar surface area (TPSA) is 40.5 Å². The Morgan fingerprint density at radius 3 is 2.61 bits per heavy atom. The van der Waals surface area contributed by atoms with E-state index in [2.05, 4.69) is 6.92 Å². The monoisotopic (exact) mass is 269 g/mol. The van der Waals surface area contributed by atoms with Crippen molar-refractivity contribution in [3.63, 3.8) is 0 Å². The number of aryl methyl sites for hydroxylation is 1. The average molecular weight is 270 g/mol. The molecular formula is C14H20ClNO2. The zero-order valence-electron chi connectivity index (χ0n) is 10.9. The van der Waals surface area contributed by atoms with Crippen LogP contribution in [0.5, 0.6) is 0 Å². The van der Waals surface area contributed by atoms with Crippen LogP contribution in [-0.2, 0) is 0 Å². The van der Waals surface area contributed by atoms with Crippen LogP contribution in [0.2, 0.25) is 5.02 Å². The average Bonchev–Trinajstić information content (AvgIpc) is 2.32. The maximum absolute atomic E-state index is 12.3. The quantitative estimate of drug-likeness (QED) is 0.863. The van der Waals surface area contributed by atoms with Crippen LogP contribution < -0.4 is 0 Å². The number of nitrogens with zero attached hydrogens (tertiary/aromatic N) is 1. The molecule has 0 atom stereocenters. The Kier molecular flexibility index (Phi) is 6.16. The number of benzene rings is 1. The number of carbonyl (C=O) groups excluding carboxylic acids is 1. The van der Waals surface area contributed by atoms with Crippen molar-refractivity contribution in [2.75, 3.05) is 19.7 Å². The molecule has 0 heterocycles. The molecule has 1 aromatic carbocycles. The molecule has 0 aliphatic heterocycles. The van der Waals surface area contributed by atoms with Crippen molar-refractivity contribution >= 4 is 17.5 Å². The number of aliphatic hydroxyl groups excluding tert-OH is 1. The number of aliphatic hydroxyl groups is 1. The first kappa shape index (κ1) is 15.0. The summed E-state index contributed by atoms with van der Waals surface area (Å²) in [5.74, 6) is -0.0666. The summed E-state index contributed by atoms with van der Waals surface area (Å²) in [5.41, 5.74) is 1.55. The summed E-state index contributed by atoms with van der Waals surface area (Å²) in [4.78, 5) is 14.0. The first-order valence-corrected chi connectivity index (χ1v) is 6.63. The number of amides is 1. The Hall–Kier alpha value is -1.06. The molecular weight excluding hydrogens is 250 g/mol. The fourth-order valence-electron chi connectivity index (χ4n) is 1.83. The molecule has 0 spiro atoms. The van der Waals surface area contributed by atoms with Gasteiger partial charge >= 0.3 is 0 Å². The Balaban J connectivity index is 2.86. The lowest BCUT2D eigenvalue weighted by molar-refractivity contribution is 0.0719. The lowest BCUT2D eigenvalue weighted by atomic mass is 10.1. The number of unbranched alkanes of at least 4 members (excludes halogenated alkanes) is 1. The van der Waals surface area contributed by atoms with E-state index in [9.17, 15) is 4.79 Å². The number of hydrogen-bond acceptors (Lipinski definition) is 2. The molecule has 1 N–H and O–H groups in total. The lowest BCUT2D eigenvalue weighted by Crippen LogP contribution is -2.34. The summed E-state index contributed by atoms with van der Waals surface area (Å²) in [7, 11) is 0. The van der Waals surface area contributed by atoms with Crippen molar-refractivity contribution in [2.24, 2.45) is 0 Å². The van der Waals surface area contributed by atoms with E-state index in [1.807, 2.05) is 19.1 Å². The van der Waals surface area contributed by atoms with Crippen LogP contribution in [0, 0.1) is 6.92 Å². The third-order valence-electron chi connectivity index (χ3n) is 2.73. The van der Waals surface area contributed by atoms with Gasteiger partial charge in [-0.1, -0.05) is 24.9 Å². The normalized spacial score (nSPS) is 10.4. The predicted molar refractivity (Wildman–Crippen MR) is 74.1 cm³/mol. The Labute approximate surface area is 113 Å². The van der Waals surface area contributed by atoms with Crippen LogP contribution in [0.15, 0.2) is 18.2 Å². The van der Waals surface area contributed by atoms with E-state index in [0.717, 1.165) is 18.4 Å². The van der Waals surface area contributed by atoms with Crippen molar-refractivity contribution < 1.29 is 9.90 Å². The molecule has 0 aliphatic rings. The van der Waals surface area contributed by atoms with Gasteiger partial charge < -0.3 is 10.0 Å². The van der Waals surface area contributed by atoms with Gasteiger partial charge in [-0.3, -0.25) is 4.79 Å². The molecule has 0 aliphatic carbocycles. The molecule has 100 valence electrons. The molecule has 0 unspecified atom stereocenters. The van der Waals surface area contributed by atoms with Crippen LogP contribution in [0.3, 0.4) is 0 Å². The number of carbonyl (C=O) groups is 1. The van der Waals surface area contributed by atoms with E-state index in [0.29, 0.717) is 23.7 Å². The van der Waals surface area contributed by atoms with Crippen LogP contribution >= 0.6 is 11.6 Å². The highest BCUT2D eigenvalue weighted by Gasteiger charge is 2.15. The number of rotatable bonds is 6. The molecule has 0 bridgehead atoms. The molecule has 1 aromatic rings. The van der Waals surface area contributed by atoms with Crippen LogP contribution in [0.4, 0.5) is 0 Å². The Morgan fingerprint density at radius 2 is 2.06 bits per heavy atom. The zero-order chi connectivity index (χ0) is 13.5. The molecule has 3 nitrogen and oxygen atoms in total. The van der Waals surface area contributed by atoms with Crippen LogP contribution in [0.1, 0.15) is 35.7 Å². The number of halogens is 1. The second-order valence-electron chi connectivity index (χ2n) is 4.39. The first-order valence-electron chi connectivity index (χ1n) is 6.25. The summed E-state index contributed by atoms with van der Waals surface area (Å²) >= 11 is 5.96. The molecule has 0 radical (unpaired) electrons. The Morgan fingerprint density at radius 1 is 1.33 bits per heavy atom. The van der Waals surface area contributed by atoms with Crippen molar-refractivity contribution in [1.82, 2.24) is 4.90 Å². The predicted octanol–water partition coefficient (Wildman–Crippen LogP) is 2.88. The van der Waals surface area contributed by atoms with Gasteiger partial charge in [0.25, 0.3) is 5.91 Å². The smallest absolute Gasteiger partial charge is 0.253 e. The second-order valence-corrected chi connectivity index (χ2v) is 4.82. The molecule has 1 amide bonds. The molecule has 0 aromatic heterocycles. The van der Waals surface area contributed by atoms with Crippen LogP contribution in [0.25, 0.3) is 0 Å². The van der Waals surface area contributed by atoms with E-state index in [4.69, 9.17) is 16.7 Å². The summed E-state index contributed by atoms with van der Waals surface area (Å²) in [6.07, 6.45) is 1.95. The van der Waals surface area contributed by atoms with Gasteiger partial charge in [-0.25, -0.2) is 0 Å². The van der Waals surface area contributed by atoms with E-state index < -0.39 is 0 Å². The minimum absolute atomic E-state index is 0.0188. The van der Waals surface area contributed by atoms with Crippen molar-refractivity contribution in [2.45, 2.75) is 26.7 Å². The van der Waals surface area contributed by atoms with Gasteiger partial charge in [-0.05, 0) is 37.1 Å². The van der Waals surface area contributed by atoms with E-state index in [1.54, 1.807) is 11.0 Å². The molecule has 4 heteroatoms. The third-order valence-corrected chi connectivity index (χ3v) is 2.95. The number of hydrogen-bond donors (Lipinski definition) is 1. The molecule has 0 saturated heterocycles. The molecule has 0 saturated carbocycles. The third kappa shape index (κ3) is 4.31. The summed E-state index contributed by atoms with van der Waals surface area (Å²) in [6, 6.07) is 5.32. The minimum atomic E-state index is -0.0666. The van der Waals surface area contributed by atoms with E-state index in [1.165, 1.54) is 0 Å². The second kappa shape index (κ2) is 7.39. The highest BCUT2D eigenvalue weighted by Crippen LogP contribution is 2.16. The SMILES string of the molecule is CCCCN(CCO)C(=O)c1cc(C)cc(Cl)c1. The van der Waals surface area contributed by atoms with Crippen molar-refractivity contribution in [3.05, 3.63) is 34.3 Å². The van der Waals surface area contributed by atoms with Gasteiger partial charge in [-0.2, -0.15) is 0 Å². The van der Waals surface area contributed by atoms with Crippen molar-refractivity contribution in [3.8, 4) is 0 Å². The lowest BCUT2D eigenvalue weighted by Gasteiger charge is -2.21. The molecule has 1 rings (SSSR count). The van der Waals surface area contributed by atoms with E-state index >= 15 is 0 Å². The fraction of sp³-hybridized carbons (Fsp3) is 0.500. The van der Waals surface area contributed by atoms with Gasteiger partial charge in [0.2, 0.25) is 0 Å². The summed E-state index contributed by atoms with van der Waals surface area (Å²) in [5, 5.41) is 9.59. The zero-order valence-corrected chi connectivity index (χ0v) is 11.7. The van der Waals surface area contributed by atoms with Gasteiger partial charge in [0.15, 0.2) is 0 Å². The molecule has 18 heavy (non-hydrogen) atoms.